The number of nitriles is 1. The summed E-state index contributed by atoms with van der Waals surface area (Å²) in [6.07, 6.45) is 3.01. The van der Waals surface area contributed by atoms with Gasteiger partial charge >= 0.3 is 0 Å². The van der Waals surface area contributed by atoms with Gasteiger partial charge in [-0.25, -0.2) is 4.98 Å². The van der Waals surface area contributed by atoms with Crippen molar-refractivity contribution in [3.63, 3.8) is 0 Å². The van der Waals surface area contributed by atoms with E-state index in [0.717, 1.165) is 44.1 Å². The van der Waals surface area contributed by atoms with Crippen molar-refractivity contribution < 1.29 is 9.53 Å². The smallest absolute Gasteiger partial charge is 0.255 e. The van der Waals surface area contributed by atoms with Crippen LogP contribution in [0.15, 0.2) is 60.9 Å². The fourth-order valence-electron chi connectivity index (χ4n) is 3.41. The van der Waals surface area contributed by atoms with Gasteiger partial charge in [0.05, 0.1) is 13.2 Å². The number of amides is 1. The van der Waals surface area contributed by atoms with Crippen molar-refractivity contribution in [2.45, 2.75) is 6.54 Å². The fourth-order valence-corrected chi connectivity index (χ4v) is 3.41. The molecule has 0 saturated carbocycles. The lowest BCUT2D eigenvalue weighted by Gasteiger charge is -2.27. The number of carbonyl (C=O) groups is 1. The van der Waals surface area contributed by atoms with Crippen molar-refractivity contribution in [3.8, 4) is 17.3 Å². The van der Waals surface area contributed by atoms with E-state index < -0.39 is 0 Å². The molecular formula is C23H21N5O2. The minimum atomic E-state index is -0.214. The van der Waals surface area contributed by atoms with Gasteiger partial charge in [0.25, 0.3) is 5.91 Å². The number of benzene rings is 2. The highest BCUT2D eigenvalue weighted by molar-refractivity contribution is 6.05. The highest BCUT2D eigenvalue weighted by atomic mass is 16.5. The van der Waals surface area contributed by atoms with Crippen molar-refractivity contribution in [2.24, 2.45) is 0 Å². The summed E-state index contributed by atoms with van der Waals surface area (Å²) in [4.78, 5) is 23.6. The topological polar surface area (TPSA) is 91.1 Å². The summed E-state index contributed by atoms with van der Waals surface area (Å²) in [6.45, 7) is 3.97. The number of hydrogen-bond donors (Lipinski definition) is 1. The van der Waals surface area contributed by atoms with Crippen molar-refractivity contribution in [1.29, 1.82) is 5.26 Å². The predicted molar refractivity (Wildman–Crippen MR) is 113 cm³/mol. The van der Waals surface area contributed by atoms with Gasteiger partial charge in [-0.3, -0.25) is 14.7 Å². The van der Waals surface area contributed by atoms with Gasteiger partial charge in [0.1, 0.15) is 11.8 Å². The third-order valence-corrected chi connectivity index (χ3v) is 4.97. The first-order valence-corrected chi connectivity index (χ1v) is 9.75. The molecule has 2 aromatic carbocycles. The molecule has 1 aliphatic rings. The monoisotopic (exact) mass is 399 g/mol. The van der Waals surface area contributed by atoms with Crippen LogP contribution in [0.5, 0.6) is 0 Å². The summed E-state index contributed by atoms with van der Waals surface area (Å²) in [5.41, 5.74) is 3.70. The molecule has 1 saturated heterocycles. The second-order valence-corrected chi connectivity index (χ2v) is 6.95. The van der Waals surface area contributed by atoms with Gasteiger partial charge < -0.3 is 10.1 Å². The molecule has 30 heavy (non-hydrogen) atoms. The Morgan fingerprint density at radius 1 is 1.10 bits per heavy atom. The van der Waals surface area contributed by atoms with Gasteiger partial charge in [-0.15, -0.1) is 0 Å². The van der Waals surface area contributed by atoms with Crippen LogP contribution in [-0.2, 0) is 11.3 Å². The number of carbonyl (C=O) groups excluding carboxylic acids is 1. The molecule has 1 fully saturated rings. The number of hydrogen-bond acceptors (Lipinski definition) is 6. The van der Waals surface area contributed by atoms with E-state index in [4.69, 9.17) is 4.74 Å². The van der Waals surface area contributed by atoms with E-state index in [9.17, 15) is 10.1 Å². The molecule has 1 N–H and O–H groups in total. The summed E-state index contributed by atoms with van der Waals surface area (Å²) in [5, 5.41) is 12.3. The average Bonchev–Trinajstić information content (AvgIpc) is 2.81. The van der Waals surface area contributed by atoms with Gasteiger partial charge in [-0.2, -0.15) is 5.26 Å². The van der Waals surface area contributed by atoms with E-state index in [0.29, 0.717) is 16.8 Å². The lowest BCUT2D eigenvalue weighted by atomic mass is 10.1. The SMILES string of the molecule is N#Cc1nccnc1-c1cccc(C(=O)Nc2ccccc2CN2CCOCC2)c1. The molecule has 0 bridgehead atoms. The normalized spacial score (nSPS) is 14.1. The maximum Gasteiger partial charge on any atom is 0.255 e. The molecular weight excluding hydrogens is 378 g/mol. The van der Waals surface area contributed by atoms with Gasteiger partial charge in [-0.1, -0.05) is 30.3 Å². The van der Waals surface area contributed by atoms with Crippen LogP contribution in [0.4, 0.5) is 5.69 Å². The van der Waals surface area contributed by atoms with E-state index in [1.165, 1.54) is 12.4 Å². The number of aromatic nitrogens is 2. The molecule has 3 aromatic rings. The maximum atomic E-state index is 13.0. The van der Waals surface area contributed by atoms with Crippen LogP contribution >= 0.6 is 0 Å². The zero-order valence-corrected chi connectivity index (χ0v) is 16.4. The summed E-state index contributed by atoms with van der Waals surface area (Å²) >= 11 is 0. The van der Waals surface area contributed by atoms with Crippen molar-refractivity contribution in [1.82, 2.24) is 14.9 Å². The molecule has 0 atom stereocenters. The molecule has 7 heteroatoms. The molecule has 1 aromatic heterocycles. The first-order valence-electron chi connectivity index (χ1n) is 9.75. The second kappa shape index (κ2) is 9.27. The van der Waals surface area contributed by atoms with Crippen molar-refractivity contribution in [3.05, 3.63) is 77.7 Å². The first kappa shape index (κ1) is 19.7. The van der Waals surface area contributed by atoms with Crippen LogP contribution in [0.25, 0.3) is 11.3 Å². The minimum absolute atomic E-state index is 0.214. The molecule has 2 heterocycles. The van der Waals surface area contributed by atoms with E-state index in [1.807, 2.05) is 36.4 Å². The van der Waals surface area contributed by atoms with Crippen LogP contribution in [0.1, 0.15) is 21.6 Å². The van der Waals surface area contributed by atoms with Crippen molar-refractivity contribution >= 4 is 11.6 Å². The van der Waals surface area contributed by atoms with Gasteiger partial charge in [0.2, 0.25) is 0 Å². The molecule has 4 rings (SSSR count). The minimum Gasteiger partial charge on any atom is -0.379 e. The maximum absolute atomic E-state index is 13.0. The van der Waals surface area contributed by atoms with E-state index in [2.05, 4.69) is 20.2 Å². The molecule has 1 amide bonds. The molecule has 7 nitrogen and oxygen atoms in total. The highest BCUT2D eigenvalue weighted by Gasteiger charge is 2.15. The number of para-hydroxylation sites is 1. The zero-order chi connectivity index (χ0) is 20.8. The van der Waals surface area contributed by atoms with Crippen LogP contribution in [-0.4, -0.2) is 47.1 Å². The lowest BCUT2D eigenvalue weighted by Crippen LogP contribution is -2.35. The standard InChI is InChI=1S/C23H21N5O2/c24-15-21-22(26-9-8-25-21)17-5-3-6-18(14-17)23(29)27-20-7-2-1-4-19(20)16-28-10-12-30-13-11-28/h1-9,14H,10-13,16H2,(H,27,29). The first-order chi connectivity index (χ1) is 14.7. The van der Waals surface area contributed by atoms with Gasteiger partial charge in [0, 0.05) is 48.8 Å². The molecule has 0 radical (unpaired) electrons. The number of ether oxygens (including phenoxy) is 1. The Kier molecular flexibility index (Phi) is 6.09. The molecule has 0 unspecified atom stereocenters. The molecule has 150 valence electrons. The fraction of sp³-hybridized carbons (Fsp3) is 0.217. The second-order valence-electron chi connectivity index (χ2n) is 6.95. The quantitative estimate of drug-likeness (QED) is 0.709. The summed E-state index contributed by atoms with van der Waals surface area (Å²) in [6, 6.07) is 16.9. The Labute approximate surface area is 175 Å². The van der Waals surface area contributed by atoms with Crippen LogP contribution < -0.4 is 5.32 Å². The largest absolute Gasteiger partial charge is 0.379 e. The van der Waals surface area contributed by atoms with Crippen LogP contribution in [0.3, 0.4) is 0 Å². The number of rotatable bonds is 5. The summed E-state index contributed by atoms with van der Waals surface area (Å²) in [5.74, 6) is -0.214. The van der Waals surface area contributed by atoms with Gasteiger partial charge in [0.15, 0.2) is 5.69 Å². The summed E-state index contributed by atoms with van der Waals surface area (Å²) < 4.78 is 5.41. The molecule has 0 spiro atoms. The molecule has 1 aliphatic heterocycles. The Hall–Kier alpha value is -3.60. The number of nitrogens with zero attached hydrogens (tertiary/aromatic N) is 4. The predicted octanol–water partition coefficient (Wildman–Crippen LogP) is 3.10. The van der Waals surface area contributed by atoms with E-state index in [1.54, 1.807) is 18.2 Å². The Bertz CT molecular complexity index is 1090. The average molecular weight is 399 g/mol. The van der Waals surface area contributed by atoms with E-state index in [-0.39, 0.29) is 11.6 Å². The zero-order valence-electron chi connectivity index (χ0n) is 16.4. The Balaban J connectivity index is 1.54. The Morgan fingerprint density at radius 3 is 2.73 bits per heavy atom. The Morgan fingerprint density at radius 2 is 1.90 bits per heavy atom. The highest BCUT2D eigenvalue weighted by Crippen LogP contribution is 2.22. The number of anilines is 1. The third kappa shape index (κ3) is 4.51. The lowest BCUT2D eigenvalue weighted by molar-refractivity contribution is 0.0342. The van der Waals surface area contributed by atoms with E-state index >= 15 is 0 Å². The number of nitrogens with one attached hydrogen (secondary N) is 1. The number of morpholine rings is 1. The molecule has 0 aliphatic carbocycles. The van der Waals surface area contributed by atoms with Crippen LogP contribution in [0, 0.1) is 11.3 Å². The third-order valence-electron chi connectivity index (χ3n) is 4.97. The van der Waals surface area contributed by atoms with Crippen molar-refractivity contribution in [2.75, 3.05) is 31.6 Å². The van der Waals surface area contributed by atoms with Gasteiger partial charge in [-0.05, 0) is 23.8 Å². The van der Waals surface area contributed by atoms with Crippen LogP contribution in [0.2, 0.25) is 0 Å². The summed E-state index contributed by atoms with van der Waals surface area (Å²) in [7, 11) is 0.